The van der Waals surface area contributed by atoms with E-state index in [1.54, 1.807) is 0 Å². The van der Waals surface area contributed by atoms with E-state index in [2.05, 4.69) is 133 Å². The first kappa shape index (κ1) is 19.7. The third-order valence-corrected chi connectivity index (χ3v) is 7.86. The quantitative estimate of drug-likeness (QED) is 0.243. The van der Waals surface area contributed by atoms with Crippen molar-refractivity contribution in [1.29, 1.82) is 0 Å². The summed E-state index contributed by atoms with van der Waals surface area (Å²) in [6.45, 7) is 2.21. The molecule has 0 saturated heterocycles. The molecule has 2 heterocycles. The first-order chi connectivity index (χ1) is 17.8. The molecule has 168 valence electrons. The molecule has 0 radical (unpaired) electrons. The average molecular weight is 458 g/mol. The second kappa shape index (κ2) is 7.19. The fraction of sp³-hybridized carbons (Fsp3) is 0.0286. The van der Waals surface area contributed by atoms with Crippen molar-refractivity contribution in [2.75, 3.05) is 0 Å². The number of rotatable bonds is 2. The molecule has 0 unspecified atom stereocenters. The zero-order valence-electron chi connectivity index (χ0n) is 20.0. The zero-order chi connectivity index (χ0) is 23.8. The molecule has 0 atom stereocenters. The number of para-hydroxylation sites is 1. The number of aryl methyl sites for hydroxylation is 1. The van der Waals surface area contributed by atoms with Gasteiger partial charge in [-0.3, -0.25) is 0 Å². The van der Waals surface area contributed by atoms with Crippen molar-refractivity contribution in [3.05, 3.63) is 127 Å². The highest BCUT2D eigenvalue weighted by molar-refractivity contribution is 6.28. The van der Waals surface area contributed by atoms with Gasteiger partial charge in [-0.2, -0.15) is 0 Å². The predicted octanol–water partition coefficient (Wildman–Crippen LogP) is 9.63. The van der Waals surface area contributed by atoms with Gasteiger partial charge in [-0.25, -0.2) is 0 Å². The van der Waals surface area contributed by atoms with Crippen LogP contribution in [0.3, 0.4) is 0 Å². The van der Waals surface area contributed by atoms with Crippen molar-refractivity contribution in [2.24, 2.45) is 0 Å². The van der Waals surface area contributed by atoms with Gasteiger partial charge < -0.3 is 4.40 Å². The van der Waals surface area contributed by atoms with Crippen molar-refractivity contribution in [2.45, 2.75) is 6.92 Å². The van der Waals surface area contributed by atoms with Gasteiger partial charge in [0.1, 0.15) is 0 Å². The molecule has 0 aliphatic rings. The summed E-state index contributed by atoms with van der Waals surface area (Å²) in [5.74, 6) is 0. The first-order valence-electron chi connectivity index (χ1n) is 12.5. The minimum absolute atomic E-state index is 1.25. The van der Waals surface area contributed by atoms with Gasteiger partial charge in [0, 0.05) is 21.5 Å². The van der Waals surface area contributed by atoms with Crippen molar-refractivity contribution >= 4 is 48.9 Å². The summed E-state index contributed by atoms with van der Waals surface area (Å²) in [5, 5.41) is 7.93. The van der Waals surface area contributed by atoms with Crippen LogP contribution in [0.25, 0.3) is 71.1 Å². The highest BCUT2D eigenvalue weighted by atomic mass is 14.9. The highest BCUT2D eigenvalue weighted by Gasteiger charge is 2.19. The molecular weight excluding hydrogens is 434 g/mol. The van der Waals surface area contributed by atoms with Crippen molar-refractivity contribution < 1.29 is 0 Å². The lowest BCUT2D eigenvalue weighted by Gasteiger charge is -2.10. The molecule has 36 heavy (non-hydrogen) atoms. The zero-order valence-corrected chi connectivity index (χ0v) is 20.0. The average Bonchev–Trinajstić information content (AvgIpc) is 3.46. The second-order valence-electron chi connectivity index (χ2n) is 9.85. The van der Waals surface area contributed by atoms with Crippen LogP contribution < -0.4 is 0 Å². The van der Waals surface area contributed by atoms with Crippen LogP contribution in [0.4, 0.5) is 0 Å². The second-order valence-corrected chi connectivity index (χ2v) is 9.85. The summed E-state index contributed by atoms with van der Waals surface area (Å²) in [7, 11) is 0. The van der Waals surface area contributed by atoms with Crippen LogP contribution in [0, 0.1) is 6.92 Å². The normalized spacial score (nSPS) is 12.0. The molecule has 0 aliphatic carbocycles. The van der Waals surface area contributed by atoms with E-state index in [1.165, 1.54) is 76.7 Å². The van der Waals surface area contributed by atoms with Gasteiger partial charge in [-0.05, 0) is 69.8 Å². The van der Waals surface area contributed by atoms with Crippen LogP contribution in [-0.4, -0.2) is 4.40 Å². The number of hydrogen-bond donors (Lipinski definition) is 0. The Balaban J connectivity index is 1.42. The van der Waals surface area contributed by atoms with Gasteiger partial charge in [-0.15, -0.1) is 0 Å². The lowest BCUT2D eigenvalue weighted by molar-refractivity contribution is 1.37. The van der Waals surface area contributed by atoms with Crippen molar-refractivity contribution in [3.63, 3.8) is 0 Å². The van der Waals surface area contributed by atoms with E-state index in [9.17, 15) is 0 Å². The fourth-order valence-electron chi connectivity index (χ4n) is 6.16. The van der Waals surface area contributed by atoms with E-state index >= 15 is 0 Å². The fourth-order valence-corrected chi connectivity index (χ4v) is 6.16. The first-order valence-corrected chi connectivity index (χ1v) is 12.5. The molecule has 6 aromatic carbocycles. The molecular formula is C35H23N. The van der Waals surface area contributed by atoms with Crippen LogP contribution in [0.15, 0.2) is 121 Å². The molecule has 0 N–H and O–H groups in total. The maximum Gasteiger partial charge on any atom is 0.0620 e. The summed E-state index contributed by atoms with van der Waals surface area (Å²) < 4.78 is 2.47. The highest BCUT2D eigenvalue weighted by Crippen LogP contribution is 2.42. The van der Waals surface area contributed by atoms with Crippen molar-refractivity contribution in [1.82, 2.24) is 4.40 Å². The van der Waals surface area contributed by atoms with Gasteiger partial charge in [0.05, 0.1) is 16.6 Å². The van der Waals surface area contributed by atoms with E-state index in [-0.39, 0.29) is 0 Å². The molecule has 2 aromatic heterocycles. The lowest BCUT2D eigenvalue weighted by atomic mass is 9.94. The van der Waals surface area contributed by atoms with E-state index in [4.69, 9.17) is 0 Å². The molecule has 0 bridgehead atoms. The summed E-state index contributed by atoms with van der Waals surface area (Å²) in [5.41, 5.74) is 10.2. The SMILES string of the molecule is Cc1ccc(-c2ccccc2)cc1-c1ccc2c(c1)c1cccc3c4c5ccccc5ccc4n2c13. The summed E-state index contributed by atoms with van der Waals surface area (Å²) in [6.07, 6.45) is 0. The van der Waals surface area contributed by atoms with Crippen LogP contribution in [0.1, 0.15) is 5.56 Å². The van der Waals surface area contributed by atoms with Gasteiger partial charge in [0.2, 0.25) is 0 Å². The Morgan fingerprint density at radius 3 is 2.14 bits per heavy atom. The van der Waals surface area contributed by atoms with Crippen LogP contribution >= 0.6 is 0 Å². The number of benzene rings is 6. The van der Waals surface area contributed by atoms with Gasteiger partial charge >= 0.3 is 0 Å². The number of hydrogen-bond acceptors (Lipinski definition) is 0. The topological polar surface area (TPSA) is 4.41 Å². The third-order valence-electron chi connectivity index (χ3n) is 7.86. The Morgan fingerprint density at radius 2 is 1.22 bits per heavy atom. The van der Waals surface area contributed by atoms with Gasteiger partial charge in [0.15, 0.2) is 0 Å². The molecule has 0 aliphatic heterocycles. The van der Waals surface area contributed by atoms with Gasteiger partial charge in [0.25, 0.3) is 0 Å². The summed E-state index contributed by atoms with van der Waals surface area (Å²) in [4.78, 5) is 0. The Kier molecular flexibility index (Phi) is 3.93. The smallest absolute Gasteiger partial charge is 0.0620 e. The maximum atomic E-state index is 2.47. The van der Waals surface area contributed by atoms with E-state index in [0.29, 0.717) is 0 Å². The molecule has 1 nitrogen and oxygen atoms in total. The monoisotopic (exact) mass is 457 g/mol. The Labute approximate surface area is 209 Å². The number of aromatic nitrogens is 1. The standard InChI is InChI=1S/C35H23N/c1-22-14-15-25(23-8-3-2-4-9-23)20-30(22)26-17-18-32-31(21-26)28-12-7-13-29-34-27-11-6-5-10-24(27)16-19-33(34)36(32)35(28)29/h2-21H,1H3. The molecule has 0 saturated carbocycles. The minimum atomic E-state index is 1.25. The maximum absolute atomic E-state index is 2.47. The van der Waals surface area contributed by atoms with Crippen LogP contribution in [-0.2, 0) is 0 Å². The lowest BCUT2D eigenvalue weighted by Crippen LogP contribution is -1.87. The van der Waals surface area contributed by atoms with Gasteiger partial charge in [-0.1, -0.05) is 97.1 Å². The van der Waals surface area contributed by atoms with E-state index in [1.807, 2.05) is 0 Å². The van der Waals surface area contributed by atoms with E-state index < -0.39 is 0 Å². The molecule has 8 aromatic rings. The Bertz CT molecular complexity index is 2090. The third kappa shape index (κ3) is 2.60. The molecule has 1 heteroatoms. The molecule has 0 fully saturated rings. The largest absolute Gasteiger partial charge is 0.308 e. The molecule has 0 amide bonds. The Morgan fingerprint density at radius 1 is 0.472 bits per heavy atom. The van der Waals surface area contributed by atoms with Crippen molar-refractivity contribution in [3.8, 4) is 22.3 Å². The number of fused-ring (bicyclic) bond motifs is 8. The minimum Gasteiger partial charge on any atom is -0.308 e. The molecule has 8 rings (SSSR count). The van der Waals surface area contributed by atoms with Crippen LogP contribution in [0.2, 0.25) is 0 Å². The van der Waals surface area contributed by atoms with Crippen LogP contribution in [0.5, 0.6) is 0 Å². The molecule has 0 spiro atoms. The Hall–Kier alpha value is -4.62. The van der Waals surface area contributed by atoms with E-state index in [0.717, 1.165) is 0 Å². The summed E-state index contributed by atoms with van der Waals surface area (Å²) >= 11 is 0. The number of nitrogens with zero attached hydrogens (tertiary/aromatic N) is 1. The predicted molar refractivity (Wildman–Crippen MR) is 154 cm³/mol. The summed E-state index contributed by atoms with van der Waals surface area (Å²) in [6, 6.07) is 44.5.